The van der Waals surface area contributed by atoms with E-state index in [0.29, 0.717) is 0 Å². The lowest BCUT2D eigenvalue weighted by Gasteiger charge is -2.19. The molecule has 3 heterocycles. The molecular formula is C17H12BrNO4. The van der Waals surface area contributed by atoms with E-state index in [1.807, 2.05) is 38.1 Å². The normalized spacial score (nSPS) is 14.7. The largest absolute Gasteiger partial charge is 0.506 e. The first-order valence-electron chi connectivity index (χ1n) is 7.05. The highest BCUT2D eigenvalue weighted by Crippen LogP contribution is 2.42. The van der Waals surface area contributed by atoms with Crippen LogP contribution in [0.15, 0.2) is 48.8 Å². The molecule has 3 aromatic rings. The van der Waals surface area contributed by atoms with Crippen molar-refractivity contribution in [2.75, 3.05) is 0 Å². The molecule has 5 nitrogen and oxygen atoms in total. The van der Waals surface area contributed by atoms with E-state index in [0.717, 1.165) is 16.9 Å². The molecule has 0 radical (unpaired) electrons. The van der Waals surface area contributed by atoms with Crippen molar-refractivity contribution in [3.8, 4) is 11.4 Å². The molecule has 0 unspecified atom stereocenters. The summed E-state index contributed by atoms with van der Waals surface area (Å²) in [6.07, 6.45) is 0. The molecule has 1 N–H and O–H groups in total. The van der Waals surface area contributed by atoms with E-state index in [9.17, 15) is 14.7 Å². The van der Waals surface area contributed by atoms with Crippen LogP contribution in [0.3, 0.4) is 0 Å². The minimum atomic E-state index is -0.715. The Morgan fingerprint density at radius 1 is 1.22 bits per heavy atom. The Morgan fingerprint density at radius 2 is 1.91 bits per heavy atom. The third-order valence-corrected chi connectivity index (χ3v) is 5.16. The molecule has 0 atom stereocenters. The van der Waals surface area contributed by atoms with E-state index in [4.69, 9.17) is 4.42 Å². The molecule has 6 heteroatoms. The third kappa shape index (κ3) is 1.67. The fraction of sp³-hybridized carbons (Fsp3) is 0.176. The third-order valence-electron chi connectivity index (χ3n) is 4.46. The van der Waals surface area contributed by atoms with E-state index in [2.05, 4.69) is 15.9 Å². The van der Waals surface area contributed by atoms with Crippen molar-refractivity contribution < 1.29 is 9.52 Å². The Bertz CT molecular complexity index is 1110. The second-order valence-corrected chi connectivity index (χ2v) is 6.90. The van der Waals surface area contributed by atoms with Crippen molar-refractivity contribution in [1.82, 2.24) is 4.57 Å². The van der Waals surface area contributed by atoms with Crippen molar-refractivity contribution in [2.45, 2.75) is 19.3 Å². The van der Waals surface area contributed by atoms with Gasteiger partial charge in [0, 0.05) is 17.2 Å². The summed E-state index contributed by atoms with van der Waals surface area (Å²) in [5.74, 6) is -0.390. The molecule has 1 aliphatic heterocycles. The maximum atomic E-state index is 13.0. The van der Waals surface area contributed by atoms with Crippen molar-refractivity contribution >= 4 is 26.9 Å². The van der Waals surface area contributed by atoms with Crippen molar-refractivity contribution in [1.29, 1.82) is 0 Å². The molecule has 1 aromatic carbocycles. The zero-order chi connectivity index (χ0) is 16.5. The summed E-state index contributed by atoms with van der Waals surface area (Å²) < 4.78 is 6.62. The van der Waals surface area contributed by atoms with Crippen LogP contribution < -0.4 is 11.2 Å². The van der Waals surface area contributed by atoms with Gasteiger partial charge in [0.2, 0.25) is 0 Å². The van der Waals surface area contributed by atoms with Gasteiger partial charge in [-0.25, -0.2) is 4.79 Å². The number of benzene rings is 1. The van der Waals surface area contributed by atoms with Gasteiger partial charge in [-0.1, -0.05) is 32.0 Å². The maximum absolute atomic E-state index is 13.0. The summed E-state index contributed by atoms with van der Waals surface area (Å²) in [5, 5.41) is 10.2. The highest BCUT2D eigenvalue weighted by Gasteiger charge is 2.37. The lowest BCUT2D eigenvalue weighted by Crippen LogP contribution is -2.24. The van der Waals surface area contributed by atoms with Crippen LogP contribution in [0.4, 0.5) is 0 Å². The van der Waals surface area contributed by atoms with E-state index in [1.165, 1.54) is 0 Å². The first-order chi connectivity index (χ1) is 10.8. The van der Waals surface area contributed by atoms with E-state index in [-0.39, 0.29) is 15.4 Å². The zero-order valence-corrected chi connectivity index (χ0v) is 14.0. The molecule has 23 heavy (non-hydrogen) atoms. The Labute approximate surface area is 138 Å². The lowest BCUT2D eigenvalue weighted by atomic mass is 9.83. The highest BCUT2D eigenvalue weighted by atomic mass is 79.9. The number of aromatic nitrogens is 1. The quantitative estimate of drug-likeness (QED) is 0.657. The van der Waals surface area contributed by atoms with E-state index in [1.54, 1.807) is 10.6 Å². The molecule has 0 amide bonds. The summed E-state index contributed by atoms with van der Waals surface area (Å²) in [5.41, 5.74) is 1.07. The van der Waals surface area contributed by atoms with Crippen molar-refractivity contribution in [2.24, 2.45) is 0 Å². The fourth-order valence-corrected chi connectivity index (χ4v) is 3.55. The van der Waals surface area contributed by atoms with Gasteiger partial charge >= 0.3 is 5.63 Å². The molecule has 0 bridgehead atoms. The molecule has 1 aliphatic rings. The van der Waals surface area contributed by atoms with Gasteiger partial charge < -0.3 is 9.52 Å². The number of hydrogen-bond donors (Lipinski definition) is 1. The van der Waals surface area contributed by atoms with E-state index < -0.39 is 22.3 Å². The predicted octanol–water partition coefficient (Wildman–Crippen LogP) is 3.05. The molecule has 0 aliphatic carbocycles. The van der Waals surface area contributed by atoms with Crippen LogP contribution >= 0.6 is 15.9 Å². The SMILES string of the molecule is CC1(C)c2ccccc2-n2c1cc1oc(=O)c(Br)c(O)c1c2=O. The van der Waals surface area contributed by atoms with Crippen LogP contribution in [0.1, 0.15) is 25.1 Å². The van der Waals surface area contributed by atoms with Gasteiger partial charge in [0.15, 0.2) is 5.75 Å². The van der Waals surface area contributed by atoms with Crippen molar-refractivity contribution in [3.05, 3.63) is 66.8 Å². The van der Waals surface area contributed by atoms with Gasteiger partial charge in [-0.05, 0) is 27.6 Å². The number of nitrogens with zero attached hydrogens (tertiary/aromatic N) is 1. The number of para-hydroxylation sites is 1. The molecule has 0 saturated heterocycles. The Balaban J connectivity index is 2.27. The molecule has 116 valence electrons. The number of rotatable bonds is 0. The first-order valence-corrected chi connectivity index (χ1v) is 7.85. The van der Waals surface area contributed by atoms with Crippen LogP contribution in [0, 0.1) is 0 Å². The Hall–Kier alpha value is -2.34. The summed E-state index contributed by atoms with van der Waals surface area (Å²) in [6.45, 7) is 4.01. The fourth-order valence-electron chi connectivity index (χ4n) is 3.27. The number of hydrogen-bond acceptors (Lipinski definition) is 4. The van der Waals surface area contributed by atoms with Crippen molar-refractivity contribution in [3.63, 3.8) is 0 Å². The second kappa shape index (κ2) is 4.35. The molecule has 4 rings (SSSR count). The average molecular weight is 374 g/mol. The van der Waals surface area contributed by atoms with Crippen LogP contribution in [-0.2, 0) is 5.41 Å². The van der Waals surface area contributed by atoms with Gasteiger partial charge in [0.05, 0.1) is 5.69 Å². The molecular weight excluding hydrogens is 362 g/mol. The minimum Gasteiger partial charge on any atom is -0.506 e. The van der Waals surface area contributed by atoms with Gasteiger partial charge in [0.25, 0.3) is 5.56 Å². The minimum absolute atomic E-state index is 0.00673. The summed E-state index contributed by atoms with van der Waals surface area (Å²) in [6, 6.07) is 9.28. The molecule has 2 aromatic heterocycles. The van der Waals surface area contributed by atoms with E-state index >= 15 is 0 Å². The molecule has 0 fully saturated rings. The number of pyridine rings is 1. The summed E-state index contributed by atoms with van der Waals surface area (Å²) >= 11 is 2.96. The Morgan fingerprint density at radius 3 is 2.65 bits per heavy atom. The monoisotopic (exact) mass is 373 g/mol. The van der Waals surface area contributed by atoms with Gasteiger partial charge in [0.1, 0.15) is 15.4 Å². The lowest BCUT2D eigenvalue weighted by molar-refractivity contribution is 0.461. The number of fused-ring (bicyclic) bond motifs is 4. The topological polar surface area (TPSA) is 72.4 Å². The smallest absolute Gasteiger partial charge is 0.354 e. The first kappa shape index (κ1) is 14.3. The van der Waals surface area contributed by atoms with Crippen LogP contribution in [0.2, 0.25) is 0 Å². The molecule has 0 saturated carbocycles. The Kier molecular flexibility index (Phi) is 2.70. The average Bonchev–Trinajstić information content (AvgIpc) is 2.74. The van der Waals surface area contributed by atoms with Crippen LogP contribution in [-0.4, -0.2) is 9.67 Å². The summed E-state index contributed by atoms with van der Waals surface area (Å²) in [7, 11) is 0. The maximum Gasteiger partial charge on any atom is 0.354 e. The summed E-state index contributed by atoms with van der Waals surface area (Å²) in [4.78, 5) is 24.7. The van der Waals surface area contributed by atoms with Gasteiger partial charge in [-0.2, -0.15) is 0 Å². The standard InChI is InChI=1S/C17H12BrNO4/c1-17(2)8-5-3-4-6-9(8)19-11(17)7-10-12(15(19)21)14(20)13(18)16(22)23-10/h3-7,20H,1-2H3. The predicted molar refractivity (Wildman–Crippen MR) is 89.6 cm³/mol. The van der Waals surface area contributed by atoms with Gasteiger partial charge in [-0.3, -0.25) is 9.36 Å². The number of aromatic hydroxyl groups is 1. The van der Waals surface area contributed by atoms with Gasteiger partial charge in [-0.15, -0.1) is 0 Å². The van der Waals surface area contributed by atoms with Crippen LogP contribution in [0.25, 0.3) is 16.7 Å². The van der Waals surface area contributed by atoms with Crippen LogP contribution in [0.5, 0.6) is 5.75 Å². The second-order valence-electron chi connectivity index (χ2n) is 6.10. The molecule has 0 spiro atoms. The highest BCUT2D eigenvalue weighted by molar-refractivity contribution is 9.10. The zero-order valence-electron chi connectivity index (χ0n) is 12.4. The number of halogens is 1.